The fourth-order valence-electron chi connectivity index (χ4n) is 3.19. The lowest BCUT2D eigenvalue weighted by atomic mass is 10.1. The smallest absolute Gasteiger partial charge is 0.244 e. The quantitative estimate of drug-likeness (QED) is 0.752. The number of halogens is 1. The molecule has 5 nitrogen and oxygen atoms in total. The van der Waals surface area contributed by atoms with Crippen molar-refractivity contribution in [3.8, 4) is 0 Å². The van der Waals surface area contributed by atoms with Gasteiger partial charge in [-0.25, -0.2) is 4.39 Å². The minimum atomic E-state index is -0.616. The van der Waals surface area contributed by atoms with E-state index in [1.54, 1.807) is 18.2 Å². The summed E-state index contributed by atoms with van der Waals surface area (Å²) in [6, 6.07) is 11.8. The maximum absolute atomic E-state index is 14.3. The first kappa shape index (κ1) is 20.0. The Labute approximate surface area is 164 Å². The molecule has 1 atom stereocenters. The molecule has 6 heteroatoms. The molecule has 1 saturated heterocycles. The second-order valence-electron chi connectivity index (χ2n) is 6.74. The number of aliphatic hydroxyl groups excluding tert-OH is 1. The van der Waals surface area contributed by atoms with Crippen LogP contribution in [0, 0.1) is 12.7 Å². The number of carbonyl (C=O) groups is 1. The van der Waals surface area contributed by atoms with Crippen LogP contribution in [0.25, 0.3) is 6.08 Å². The van der Waals surface area contributed by atoms with E-state index in [1.165, 1.54) is 12.1 Å². The van der Waals surface area contributed by atoms with Crippen molar-refractivity contribution >= 4 is 17.7 Å². The molecule has 0 saturated carbocycles. The third-order valence-electron chi connectivity index (χ3n) is 4.83. The van der Waals surface area contributed by atoms with Crippen LogP contribution in [0.4, 0.5) is 10.1 Å². The first-order chi connectivity index (χ1) is 13.6. The number of morpholine rings is 1. The highest BCUT2D eigenvalue weighted by Crippen LogP contribution is 2.25. The van der Waals surface area contributed by atoms with E-state index >= 15 is 0 Å². The summed E-state index contributed by atoms with van der Waals surface area (Å²) in [5.41, 5.74) is 3.14. The summed E-state index contributed by atoms with van der Waals surface area (Å²) in [5, 5.41) is 12.5. The number of anilines is 1. The lowest BCUT2D eigenvalue weighted by Gasteiger charge is -2.30. The Bertz CT molecular complexity index is 847. The molecule has 1 aliphatic rings. The molecule has 3 rings (SSSR count). The lowest BCUT2D eigenvalue weighted by molar-refractivity contribution is -0.117. The van der Waals surface area contributed by atoms with Gasteiger partial charge in [0.25, 0.3) is 0 Å². The second-order valence-corrected chi connectivity index (χ2v) is 6.74. The first-order valence-corrected chi connectivity index (χ1v) is 9.35. The van der Waals surface area contributed by atoms with Crippen LogP contribution in [-0.2, 0) is 9.53 Å². The molecular weight excluding hydrogens is 359 g/mol. The van der Waals surface area contributed by atoms with Gasteiger partial charge in [0.2, 0.25) is 5.91 Å². The van der Waals surface area contributed by atoms with Gasteiger partial charge in [-0.3, -0.25) is 4.79 Å². The number of aliphatic hydroxyl groups is 1. The summed E-state index contributed by atoms with van der Waals surface area (Å²) >= 11 is 0. The Morgan fingerprint density at radius 2 is 2.04 bits per heavy atom. The van der Waals surface area contributed by atoms with Crippen molar-refractivity contribution in [1.29, 1.82) is 0 Å². The average molecular weight is 384 g/mol. The van der Waals surface area contributed by atoms with Crippen LogP contribution < -0.4 is 10.2 Å². The predicted octanol–water partition coefficient (Wildman–Crippen LogP) is 2.83. The summed E-state index contributed by atoms with van der Waals surface area (Å²) in [7, 11) is 0. The summed E-state index contributed by atoms with van der Waals surface area (Å²) < 4.78 is 19.6. The summed E-state index contributed by atoms with van der Waals surface area (Å²) in [6.07, 6.45) is 3.18. The Morgan fingerprint density at radius 1 is 1.29 bits per heavy atom. The number of rotatable bonds is 6. The number of hydrogen-bond donors (Lipinski definition) is 2. The highest BCUT2D eigenvalue weighted by molar-refractivity contribution is 5.92. The number of aryl methyl sites for hydroxylation is 1. The fourth-order valence-corrected chi connectivity index (χ4v) is 3.19. The summed E-state index contributed by atoms with van der Waals surface area (Å²) in [4.78, 5) is 14.2. The van der Waals surface area contributed by atoms with Crippen LogP contribution in [0.1, 0.15) is 22.7 Å². The highest BCUT2D eigenvalue weighted by atomic mass is 19.1. The van der Waals surface area contributed by atoms with Gasteiger partial charge in [-0.1, -0.05) is 30.3 Å². The highest BCUT2D eigenvalue weighted by Gasteiger charge is 2.19. The van der Waals surface area contributed by atoms with Crippen LogP contribution in [0.15, 0.2) is 48.5 Å². The summed E-state index contributed by atoms with van der Waals surface area (Å²) in [6.45, 7) is 4.00. The van der Waals surface area contributed by atoms with E-state index < -0.39 is 6.04 Å². The standard InChI is InChI=1S/C22H25FN2O3/c1-16-4-2-3-5-17(16)7-9-22(27)24-20(15-26)18-6-8-19(23)21(14-18)25-10-12-28-13-11-25/h2-9,14,20,26H,10-13,15H2,1H3,(H,24,27)/b9-7+/t20-/m0/s1. The topological polar surface area (TPSA) is 61.8 Å². The van der Waals surface area contributed by atoms with Crippen LogP contribution in [-0.4, -0.2) is 43.9 Å². The lowest BCUT2D eigenvalue weighted by Crippen LogP contribution is -2.37. The molecule has 2 N–H and O–H groups in total. The molecule has 0 unspecified atom stereocenters. The predicted molar refractivity (Wildman–Crippen MR) is 108 cm³/mol. The number of nitrogens with zero attached hydrogens (tertiary/aromatic N) is 1. The van der Waals surface area contributed by atoms with Gasteiger partial charge in [0.1, 0.15) is 5.82 Å². The van der Waals surface area contributed by atoms with E-state index in [0.29, 0.717) is 37.6 Å². The van der Waals surface area contributed by atoms with E-state index in [9.17, 15) is 14.3 Å². The van der Waals surface area contributed by atoms with Crippen molar-refractivity contribution in [2.75, 3.05) is 37.8 Å². The molecule has 1 fully saturated rings. The minimum Gasteiger partial charge on any atom is -0.394 e. The third-order valence-corrected chi connectivity index (χ3v) is 4.83. The molecule has 0 spiro atoms. The maximum atomic E-state index is 14.3. The Morgan fingerprint density at radius 3 is 2.75 bits per heavy atom. The normalized spacial score (nSPS) is 15.6. The molecule has 148 valence electrons. The van der Waals surface area contributed by atoms with Crippen LogP contribution in [0.5, 0.6) is 0 Å². The molecule has 0 bridgehead atoms. The fraction of sp³-hybridized carbons (Fsp3) is 0.318. The number of benzene rings is 2. The third kappa shape index (κ3) is 4.97. The van der Waals surface area contributed by atoms with Crippen LogP contribution >= 0.6 is 0 Å². The van der Waals surface area contributed by atoms with Gasteiger partial charge < -0.3 is 20.1 Å². The first-order valence-electron chi connectivity index (χ1n) is 9.35. The molecule has 0 aromatic heterocycles. The van der Waals surface area contributed by atoms with Crippen LogP contribution in [0.3, 0.4) is 0 Å². The minimum absolute atomic E-state index is 0.280. The number of nitrogens with one attached hydrogen (secondary N) is 1. The zero-order chi connectivity index (χ0) is 19.9. The molecule has 28 heavy (non-hydrogen) atoms. The molecule has 1 heterocycles. The SMILES string of the molecule is Cc1ccccc1/C=C/C(=O)N[C@@H](CO)c1ccc(F)c(N2CCOCC2)c1. The molecule has 2 aromatic carbocycles. The van der Waals surface area contributed by atoms with Gasteiger partial charge in [-0.2, -0.15) is 0 Å². The number of ether oxygens (including phenoxy) is 1. The summed E-state index contributed by atoms with van der Waals surface area (Å²) in [5.74, 6) is -0.646. The molecule has 0 radical (unpaired) electrons. The number of carbonyl (C=O) groups excluding carboxylic acids is 1. The van der Waals surface area contributed by atoms with Gasteiger partial charge in [0, 0.05) is 19.2 Å². The van der Waals surface area contributed by atoms with Crippen LogP contribution in [0.2, 0.25) is 0 Å². The number of amides is 1. The largest absolute Gasteiger partial charge is 0.394 e. The van der Waals surface area contributed by atoms with E-state index in [-0.39, 0.29) is 18.3 Å². The van der Waals surface area contributed by atoms with Gasteiger partial charge in [-0.15, -0.1) is 0 Å². The second kappa shape index (κ2) is 9.48. The van der Waals surface area contributed by atoms with Crippen molar-refractivity contribution in [2.24, 2.45) is 0 Å². The zero-order valence-electron chi connectivity index (χ0n) is 15.9. The maximum Gasteiger partial charge on any atom is 0.244 e. The Kier molecular flexibility index (Phi) is 6.79. The average Bonchev–Trinajstić information content (AvgIpc) is 2.72. The molecule has 1 aliphatic heterocycles. The van der Waals surface area contributed by atoms with Gasteiger partial charge in [0.05, 0.1) is 31.5 Å². The van der Waals surface area contributed by atoms with Crippen molar-refractivity contribution in [1.82, 2.24) is 5.32 Å². The molecule has 1 amide bonds. The van der Waals surface area contributed by atoms with Gasteiger partial charge in [0.15, 0.2) is 0 Å². The number of hydrogen-bond acceptors (Lipinski definition) is 4. The van der Waals surface area contributed by atoms with Gasteiger partial charge in [-0.05, 0) is 41.8 Å². The van der Waals surface area contributed by atoms with Crippen molar-refractivity contribution in [3.63, 3.8) is 0 Å². The monoisotopic (exact) mass is 384 g/mol. The van der Waals surface area contributed by atoms with E-state index in [0.717, 1.165) is 11.1 Å². The van der Waals surface area contributed by atoms with E-state index in [1.807, 2.05) is 36.1 Å². The Balaban J connectivity index is 1.72. The molecule has 2 aromatic rings. The van der Waals surface area contributed by atoms with Crippen molar-refractivity contribution < 1.29 is 19.0 Å². The van der Waals surface area contributed by atoms with Crippen molar-refractivity contribution in [2.45, 2.75) is 13.0 Å². The molecule has 0 aliphatic carbocycles. The molecular formula is C22H25FN2O3. The van der Waals surface area contributed by atoms with E-state index in [2.05, 4.69) is 5.32 Å². The Hall–Kier alpha value is -2.70. The van der Waals surface area contributed by atoms with Crippen molar-refractivity contribution in [3.05, 3.63) is 71.0 Å². The zero-order valence-corrected chi connectivity index (χ0v) is 15.9. The van der Waals surface area contributed by atoms with Gasteiger partial charge >= 0.3 is 0 Å². The van der Waals surface area contributed by atoms with E-state index in [4.69, 9.17) is 4.74 Å².